The van der Waals surface area contributed by atoms with E-state index in [1.807, 2.05) is 0 Å². The van der Waals surface area contributed by atoms with Gasteiger partial charge in [0.1, 0.15) is 17.1 Å². The quantitative estimate of drug-likeness (QED) is 0.895. The Morgan fingerprint density at radius 1 is 1.33 bits per heavy atom. The zero-order valence-corrected chi connectivity index (χ0v) is 12.3. The predicted octanol–water partition coefficient (Wildman–Crippen LogP) is 3.51. The van der Waals surface area contributed by atoms with Gasteiger partial charge in [-0.1, -0.05) is 6.42 Å². The smallest absolute Gasteiger partial charge is 0.391 e. The van der Waals surface area contributed by atoms with E-state index in [0.717, 1.165) is 0 Å². The fraction of sp³-hybridized carbons (Fsp3) is 0.733. The van der Waals surface area contributed by atoms with Crippen LogP contribution >= 0.6 is 0 Å². The van der Waals surface area contributed by atoms with Crippen molar-refractivity contribution in [2.24, 2.45) is 5.92 Å². The lowest BCUT2D eigenvalue weighted by Crippen LogP contribution is -2.44. The molecule has 0 aliphatic heterocycles. The number of aryl methyl sites for hydroxylation is 1. The minimum Gasteiger partial charge on any atom is -0.463 e. The molecule has 3 unspecified atom stereocenters. The number of aliphatic hydroxyl groups is 1. The van der Waals surface area contributed by atoms with Gasteiger partial charge in [-0.15, -0.1) is 0 Å². The number of halogens is 3. The van der Waals surface area contributed by atoms with E-state index in [4.69, 9.17) is 4.42 Å². The average Bonchev–Trinajstić information content (AvgIpc) is 2.83. The molecule has 3 atom stereocenters. The first kappa shape index (κ1) is 16.4. The van der Waals surface area contributed by atoms with Gasteiger partial charge in [-0.25, -0.2) is 0 Å². The van der Waals surface area contributed by atoms with E-state index in [0.29, 0.717) is 24.4 Å². The summed E-state index contributed by atoms with van der Waals surface area (Å²) >= 11 is 0. The molecular formula is C15H22F3NO2. The molecule has 120 valence electrons. The summed E-state index contributed by atoms with van der Waals surface area (Å²) in [7, 11) is 0. The van der Waals surface area contributed by atoms with Crippen LogP contribution in [0.2, 0.25) is 0 Å². The topological polar surface area (TPSA) is 45.4 Å². The third-order valence-corrected chi connectivity index (χ3v) is 4.14. The third-order valence-electron chi connectivity index (χ3n) is 4.14. The van der Waals surface area contributed by atoms with E-state index < -0.39 is 17.7 Å². The van der Waals surface area contributed by atoms with Crippen molar-refractivity contribution in [1.29, 1.82) is 0 Å². The van der Waals surface area contributed by atoms with Crippen LogP contribution in [-0.2, 0) is 5.60 Å². The molecule has 21 heavy (non-hydrogen) atoms. The van der Waals surface area contributed by atoms with E-state index >= 15 is 0 Å². The first-order chi connectivity index (χ1) is 9.68. The number of hydrogen-bond acceptors (Lipinski definition) is 3. The van der Waals surface area contributed by atoms with Crippen molar-refractivity contribution in [2.75, 3.05) is 6.54 Å². The first-order valence-electron chi connectivity index (χ1n) is 7.28. The lowest BCUT2D eigenvalue weighted by atomic mass is 9.85. The first-order valence-corrected chi connectivity index (χ1v) is 7.28. The SMILES string of the molecule is Cc1ccc(C(C)(O)CNC2CCCC(C(F)(F)F)C2)o1. The van der Waals surface area contributed by atoms with Gasteiger partial charge >= 0.3 is 6.18 Å². The van der Waals surface area contributed by atoms with Crippen molar-refractivity contribution < 1.29 is 22.7 Å². The highest BCUT2D eigenvalue weighted by molar-refractivity contribution is 5.13. The van der Waals surface area contributed by atoms with Crippen LogP contribution in [0.25, 0.3) is 0 Å². The highest BCUT2D eigenvalue weighted by Gasteiger charge is 2.42. The lowest BCUT2D eigenvalue weighted by molar-refractivity contribution is -0.183. The van der Waals surface area contributed by atoms with Crippen LogP contribution in [0.15, 0.2) is 16.5 Å². The summed E-state index contributed by atoms with van der Waals surface area (Å²) < 4.78 is 43.7. The largest absolute Gasteiger partial charge is 0.463 e. The van der Waals surface area contributed by atoms with Crippen LogP contribution in [0.4, 0.5) is 13.2 Å². The number of hydrogen-bond donors (Lipinski definition) is 2. The van der Waals surface area contributed by atoms with Gasteiger partial charge in [-0.05, 0) is 45.2 Å². The molecular weight excluding hydrogens is 283 g/mol. The van der Waals surface area contributed by atoms with E-state index in [-0.39, 0.29) is 25.4 Å². The molecule has 0 bridgehead atoms. The van der Waals surface area contributed by atoms with Crippen LogP contribution in [0.3, 0.4) is 0 Å². The zero-order chi connectivity index (χ0) is 15.7. The maximum Gasteiger partial charge on any atom is 0.391 e. The molecule has 1 fully saturated rings. The molecule has 2 N–H and O–H groups in total. The second-order valence-corrected chi connectivity index (χ2v) is 6.17. The van der Waals surface area contributed by atoms with Gasteiger partial charge in [-0.2, -0.15) is 13.2 Å². The Bertz CT molecular complexity index is 468. The van der Waals surface area contributed by atoms with Crippen LogP contribution in [0.5, 0.6) is 0 Å². The van der Waals surface area contributed by atoms with Gasteiger partial charge in [0.2, 0.25) is 0 Å². The van der Waals surface area contributed by atoms with Crippen molar-refractivity contribution in [3.05, 3.63) is 23.7 Å². The monoisotopic (exact) mass is 305 g/mol. The third kappa shape index (κ3) is 4.23. The van der Waals surface area contributed by atoms with Crippen molar-refractivity contribution in [1.82, 2.24) is 5.32 Å². The van der Waals surface area contributed by atoms with Gasteiger partial charge in [-0.3, -0.25) is 0 Å². The molecule has 1 aromatic heterocycles. The van der Waals surface area contributed by atoms with Crippen LogP contribution in [0.1, 0.15) is 44.1 Å². The predicted molar refractivity (Wildman–Crippen MR) is 72.8 cm³/mol. The van der Waals surface area contributed by atoms with E-state index in [9.17, 15) is 18.3 Å². The summed E-state index contributed by atoms with van der Waals surface area (Å²) in [4.78, 5) is 0. The minimum atomic E-state index is -4.12. The minimum absolute atomic E-state index is 0.0801. The highest BCUT2D eigenvalue weighted by atomic mass is 19.4. The molecule has 1 heterocycles. The molecule has 0 aromatic carbocycles. The van der Waals surface area contributed by atoms with Gasteiger partial charge < -0.3 is 14.8 Å². The molecule has 0 saturated heterocycles. The van der Waals surface area contributed by atoms with Crippen LogP contribution in [0, 0.1) is 12.8 Å². The van der Waals surface area contributed by atoms with Crippen molar-refractivity contribution in [3.8, 4) is 0 Å². The standard InChI is InChI=1S/C15H22F3NO2/c1-10-6-7-13(21-10)14(2,20)9-19-12-5-3-4-11(8-12)15(16,17)18/h6-7,11-12,19-20H,3-5,8-9H2,1-2H3. The van der Waals surface area contributed by atoms with Gasteiger partial charge in [0.05, 0.1) is 5.92 Å². The van der Waals surface area contributed by atoms with E-state index in [1.165, 1.54) is 0 Å². The Labute approximate surface area is 122 Å². The number of rotatable bonds is 4. The molecule has 0 spiro atoms. The second kappa shape index (κ2) is 6.01. The fourth-order valence-electron chi connectivity index (χ4n) is 2.83. The van der Waals surface area contributed by atoms with Crippen molar-refractivity contribution in [2.45, 2.75) is 57.3 Å². The Hall–Kier alpha value is -1.01. The molecule has 0 radical (unpaired) electrons. The summed E-state index contributed by atoms with van der Waals surface area (Å²) in [6, 6.07) is 3.23. The number of nitrogens with one attached hydrogen (secondary N) is 1. The number of alkyl halides is 3. The maximum atomic E-state index is 12.8. The maximum absolute atomic E-state index is 12.8. The summed E-state index contributed by atoms with van der Waals surface area (Å²) in [6.07, 6.45) is -2.57. The van der Waals surface area contributed by atoms with Gasteiger partial charge in [0.15, 0.2) is 0 Å². The van der Waals surface area contributed by atoms with Crippen molar-refractivity contribution in [3.63, 3.8) is 0 Å². The molecule has 0 amide bonds. The zero-order valence-electron chi connectivity index (χ0n) is 12.3. The average molecular weight is 305 g/mol. The van der Waals surface area contributed by atoms with Gasteiger partial charge in [0, 0.05) is 12.6 Å². The van der Waals surface area contributed by atoms with Crippen molar-refractivity contribution >= 4 is 0 Å². The molecule has 2 rings (SSSR count). The summed E-state index contributed by atoms with van der Waals surface area (Å²) in [5.74, 6) is -0.115. The van der Waals surface area contributed by atoms with Gasteiger partial charge in [0.25, 0.3) is 0 Å². The normalized spacial score (nSPS) is 26.6. The Balaban J connectivity index is 1.90. The molecule has 3 nitrogen and oxygen atoms in total. The van der Waals surface area contributed by atoms with Crippen LogP contribution in [-0.4, -0.2) is 23.9 Å². The molecule has 6 heteroatoms. The Kier molecular flexibility index (Phi) is 4.68. The molecule has 1 aromatic rings. The molecule has 1 aliphatic rings. The molecule has 1 saturated carbocycles. The van der Waals surface area contributed by atoms with E-state index in [1.54, 1.807) is 26.0 Å². The summed E-state index contributed by atoms with van der Waals surface area (Å²) in [6.45, 7) is 3.56. The highest BCUT2D eigenvalue weighted by Crippen LogP contribution is 2.37. The Morgan fingerprint density at radius 3 is 2.62 bits per heavy atom. The van der Waals surface area contributed by atoms with E-state index in [2.05, 4.69) is 5.32 Å². The second-order valence-electron chi connectivity index (χ2n) is 6.17. The molecule has 1 aliphatic carbocycles. The number of furan rings is 1. The van der Waals surface area contributed by atoms with Crippen LogP contribution < -0.4 is 5.32 Å². The Morgan fingerprint density at radius 2 is 2.05 bits per heavy atom. The lowest BCUT2D eigenvalue weighted by Gasteiger charge is -2.33. The summed E-state index contributed by atoms with van der Waals surface area (Å²) in [5.41, 5.74) is -1.22. The fourth-order valence-corrected chi connectivity index (χ4v) is 2.83. The summed E-state index contributed by atoms with van der Waals surface area (Å²) in [5, 5.41) is 13.4.